The summed E-state index contributed by atoms with van der Waals surface area (Å²) in [4.78, 5) is 27.1. The molecule has 0 saturated carbocycles. The van der Waals surface area contributed by atoms with Crippen molar-refractivity contribution in [2.75, 3.05) is 7.11 Å². The first kappa shape index (κ1) is 25.2. The first-order valence-electron chi connectivity index (χ1n) is 10.5. The molecule has 172 valence electrons. The Hall–Kier alpha value is -2.03. The van der Waals surface area contributed by atoms with E-state index in [0.29, 0.717) is 11.3 Å². The van der Waals surface area contributed by atoms with Crippen LogP contribution in [0.3, 0.4) is 0 Å². The third-order valence-electron chi connectivity index (χ3n) is 5.24. The molecule has 1 aliphatic heterocycles. The predicted octanol–water partition coefficient (Wildman–Crippen LogP) is 3.88. The van der Waals surface area contributed by atoms with Crippen molar-refractivity contribution >= 4 is 23.0 Å². The van der Waals surface area contributed by atoms with Gasteiger partial charge >= 0.3 is 6.09 Å². The van der Waals surface area contributed by atoms with Gasteiger partial charge in [-0.05, 0) is 53.2 Å². The van der Waals surface area contributed by atoms with Crippen molar-refractivity contribution in [1.29, 1.82) is 0 Å². The highest BCUT2D eigenvalue weighted by atomic mass is 32.2. The van der Waals surface area contributed by atoms with Gasteiger partial charge in [-0.15, -0.1) is 0 Å². The maximum Gasteiger partial charge on any atom is 0.417 e. The molecule has 0 unspecified atom stereocenters. The standard InChI is InChI=1S/C23H34N2O5S/c1-8-15-23(6,29-7)20(24-31(28)17-11-9-16(2)10-12-17)18-13-14-19(26)25(18)21(27)30-22(3,4)5/h9-14,18,20,24H,8,15H2,1-7H3/t18-,20-,23-,31-/m0/s1. The molecule has 1 aromatic rings. The molecule has 0 aromatic heterocycles. The van der Waals surface area contributed by atoms with Gasteiger partial charge in [0.25, 0.3) is 5.91 Å². The Morgan fingerprint density at radius 3 is 2.35 bits per heavy atom. The number of nitrogens with zero attached hydrogens (tertiary/aromatic N) is 1. The van der Waals surface area contributed by atoms with Gasteiger partial charge in [-0.2, -0.15) is 0 Å². The van der Waals surface area contributed by atoms with E-state index in [0.717, 1.165) is 16.9 Å². The predicted molar refractivity (Wildman–Crippen MR) is 121 cm³/mol. The number of amides is 2. The van der Waals surface area contributed by atoms with Crippen LogP contribution in [0.5, 0.6) is 0 Å². The fraction of sp³-hybridized carbons (Fsp3) is 0.565. The highest BCUT2D eigenvalue weighted by Crippen LogP contribution is 2.30. The van der Waals surface area contributed by atoms with E-state index in [-0.39, 0.29) is 0 Å². The summed E-state index contributed by atoms with van der Waals surface area (Å²) in [5.41, 5.74) is -0.494. The van der Waals surface area contributed by atoms with Crippen LogP contribution in [0.15, 0.2) is 41.3 Å². The molecule has 4 atom stereocenters. The average Bonchev–Trinajstić information content (AvgIpc) is 3.06. The average molecular weight is 451 g/mol. The lowest BCUT2D eigenvalue weighted by molar-refractivity contribution is -0.127. The van der Waals surface area contributed by atoms with Crippen molar-refractivity contribution in [3.8, 4) is 0 Å². The Morgan fingerprint density at radius 1 is 1.23 bits per heavy atom. The zero-order valence-corrected chi connectivity index (χ0v) is 20.2. The number of carbonyl (C=O) groups excluding carboxylic acids is 2. The van der Waals surface area contributed by atoms with Crippen molar-refractivity contribution in [1.82, 2.24) is 9.62 Å². The first-order valence-corrected chi connectivity index (χ1v) is 11.6. The monoisotopic (exact) mass is 450 g/mol. The molecule has 1 N–H and O–H groups in total. The Morgan fingerprint density at radius 2 is 1.84 bits per heavy atom. The minimum absolute atomic E-state index is 0.470. The summed E-state index contributed by atoms with van der Waals surface area (Å²) >= 11 is 0. The van der Waals surface area contributed by atoms with E-state index < -0.39 is 46.3 Å². The molecular weight excluding hydrogens is 416 g/mol. The number of hydrogen-bond donors (Lipinski definition) is 1. The van der Waals surface area contributed by atoms with Crippen LogP contribution in [0.4, 0.5) is 4.79 Å². The van der Waals surface area contributed by atoms with E-state index in [4.69, 9.17) is 9.47 Å². The molecule has 7 nitrogen and oxygen atoms in total. The summed E-state index contributed by atoms with van der Waals surface area (Å²) < 4.78 is 27.6. The number of carbonyl (C=O) groups is 2. The highest BCUT2D eigenvalue weighted by Gasteiger charge is 2.47. The lowest BCUT2D eigenvalue weighted by Crippen LogP contribution is -2.61. The zero-order valence-electron chi connectivity index (χ0n) is 19.4. The fourth-order valence-electron chi connectivity index (χ4n) is 3.56. The van der Waals surface area contributed by atoms with E-state index >= 15 is 0 Å². The van der Waals surface area contributed by atoms with Gasteiger partial charge in [0.15, 0.2) is 0 Å². The minimum Gasteiger partial charge on any atom is -0.443 e. The number of ether oxygens (including phenoxy) is 2. The third-order valence-corrected chi connectivity index (χ3v) is 6.41. The Balaban J connectivity index is 2.42. The molecule has 2 rings (SSSR count). The van der Waals surface area contributed by atoms with Gasteiger partial charge < -0.3 is 9.47 Å². The van der Waals surface area contributed by atoms with Gasteiger partial charge in [0.2, 0.25) is 0 Å². The number of aryl methyl sites for hydroxylation is 1. The maximum atomic E-state index is 13.2. The number of nitrogens with one attached hydrogen (secondary N) is 1. The normalized spacial score (nSPS) is 20.4. The summed E-state index contributed by atoms with van der Waals surface area (Å²) in [7, 11) is -0.00105. The van der Waals surface area contributed by atoms with Crippen LogP contribution in [0.1, 0.15) is 53.0 Å². The molecule has 1 aromatic carbocycles. The summed E-state index contributed by atoms with van der Waals surface area (Å²) in [6.07, 6.45) is 3.68. The van der Waals surface area contributed by atoms with E-state index in [2.05, 4.69) is 4.72 Å². The maximum absolute atomic E-state index is 13.2. The number of rotatable bonds is 8. The summed E-state index contributed by atoms with van der Waals surface area (Å²) in [6.45, 7) is 11.1. The van der Waals surface area contributed by atoms with Crippen LogP contribution in [-0.2, 0) is 25.3 Å². The largest absolute Gasteiger partial charge is 0.443 e. The lowest BCUT2D eigenvalue weighted by atomic mass is 9.86. The molecule has 0 bridgehead atoms. The second kappa shape index (κ2) is 10.1. The quantitative estimate of drug-likeness (QED) is 0.650. The van der Waals surface area contributed by atoms with Crippen LogP contribution in [0, 0.1) is 6.92 Å². The molecule has 31 heavy (non-hydrogen) atoms. The van der Waals surface area contributed by atoms with Gasteiger partial charge in [-0.1, -0.05) is 37.1 Å². The Bertz CT molecular complexity index is 847. The van der Waals surface area contributed by atoms with Crippen molar-refractivity contribution in [3.05, 3.63) is 42.0 Å². The van der Waals surface area contributed by atoms with Gasteiger partial charge in [-0.25, -0.2) is 18.6 Å². The summed E-state index contributed by atoms with van der Waals surface area (Å²) in [5, 5.41) is 0. The van der Waals surface area contributed by atoms with Crippen LogP contribution >= 0.6 is 0 Å². The van der Waals surface area contributed by atoms with Gasteiger partial charge in [0, 0.05) is 13.2 Å². The number of benzene rings is 1. The van der Waals surface area contributed by atoms with Crippen molar-refractivity contribution < 1.29 is 23.3 Å². The van der Waals surface area contributed by atoms with E-state index in [1.165, 1.54) is 6.08 Å². The molecule has 8 heteroatoms. The fourth-order valence-corrected chi connectivity index (χ4v) is 4.70. The third kappa shape index (κ3) is 6.24. The van der Waals surface area contributed by atoms with Crippen LogP contribution in [-0.4, -0.2) is 51.5 Å². The van der Waals surface area contributed by atoms with E-state index in [1.54, 1.807) is 46.1 Å². The molecule has 1 heterocycles. The van der Waals surface area contributed by atoms with E-state index in [9.17, 15) is 13.8 Å². The molecule has 2 amide bonds. The van der Waals surface area contributed by atoms with E-state index in [1.807, 2.05) is 32.9 Å². The Labute approximate surface area is 187 Å². The molecule has 0 fully saturated rings. The molecule has 0 aliphatic carbocycles. The Kier molecular flexibility index (Phi) is 8.19. The molecule has 0 spiro atoms. The number of imide groups is 1. The molecule has 0 radical (unpaired) electrons. The van der Waals surface area contributed by atoms with Crippen molar-refractivity contribution in [2.24, 2.45) is 0 Å². The minimum atomic E-state index is -1.58. The smallest absolute Gasteiger partial charge is 0.417 e. The van der Waals surface area contributed by atoms with Gasteiger partial charge in [0.05, 0.1) is 22.6 Å². The second-order valence-electron chi connectivity index (χ2n) is 8.98. The summed E-state index contributed by atoms with van der Waals surface area (Å²) in [6, 6.07) is 6.01. The second-order valence-corrected chi connectivity index (χ2v) is 10.2. The first-order chi connectivity index (χ1) is 14.4. The molecular formula is C23H34N2O5S. The highest BCUT2D eigenvalue weighted by molar-refractivity contribution is 7.83. The van der Waals surface area contributed by atoms with Gasteiger partial charge in [-0.3, -0.25) is 4.79 Å². The molecule has 0 saturated heterocycles. The SMILES string of the molecule is CCC[C@](C)(OC)[C@@H](N[S@@](=O)c1ccc(C)cc1)[C@@H]1C=CC(=O)N1C(=O)OC(C)(C)C. The number of methoxy groups -OCH3 is 1. The van der Waals surface area contributed by atoms with Crippen LogP contribution < -0.4 is 4.72 Å². The lowest BCUT2D eigenvalue weighted by Gasteiger charge is -2.42. The van der Waals surface area contributed by atoms with Crippen LogP contribution in [0.2, 0.25) is 0 Å². The topological polar surface area (TPSA) is 84.9 Å². The van der Waals surface area contributed by atoms with Gasteiger partial charge in [0.1, 0.15) is 16.6 Å². The van der Waals surface area contributed by atoms with Crippen molar-refractivity contribution in [2.45, 2.75) is 82.6 Å². The molecule has 1 aliphatic rings. The number of hydrogen-bond acceptors (Lipinski definition) is 5. The summed E-state index contributed by atoms with van der Waals surface area (Å²) in [5.74, 6) is -0.470. The zero-order chi connectivity index (χ0) is 23.4. The van der Waals surface area contributed by atoms with Crippen LogP contribution in [0.25, 0.3) is 0 Å². The van der Waals surface area contributed by atoms with Crippen molar-refractivity contribution in [3.63, 3.8) is 0 Å².